The van der Waals surface area contributed by atoms with Gasteiger partial charge in [0.25, 0.3) is 15.9 Å². The first-order valence-electron chi connectivity index (χ1n) is 9.76. The zero-order valence-electron chi connectivity index (χ0n) is 17.4. The van der Waals surface area contributed by atoms with Crippen LogP contribution in [-0.2, 0) is 16.4 Å². The second-order valence-electron chi connectivity index (χ2n) is 7.23. The molecule has 1 heterocycles. The van der Waals surface area contributed by atoms with E-state index in [2.05, 4.69) is 5.32 Å². The molecule has 3 aromatic rings. The number of sulfonamides is 1. The van der Waals surface area contributed by atoms with E-state index >= 15 is 0 Å². The van der Waals surface area contributed by atoms with Gasteiger partial charge in [-0.25, -0.2) is 8.42 Å². The fraction of sp³-hybridized carbons (Fsp3) is 0.261. The fourth-order valence-corrected chi connectivity index (χ4v) is 4.43. The van der Waals surface area contributed by atoms with Gasteiger partial charge in [-0.05, 0) is 68.3 Å². The van der Waals surface area contributed by atoms with E-state index in [0.29, 0.717) is 23.4 Å². The molecular weight excluding hydrogens is 400 g/mol. The Labute approximate surface area is 177 Å². The minimum absolute atomic E-state index is 0.187. The van der Waals surface area contributed by atoms with Crippen LogP contribution < -0.4 is 9.62 Å². The first-order valence-corrected chi connectivity index (χ1v) is 11.2. The van der Waals surface area contributed by atoms with E-state index in [1.54, 1.807) is 55.7 Å². The van der Waals surface area contributed by atoms with Crippen molar-refractivity contribution >= 4 is 21.6 Å². The summed E-state index contributed by atoms with van der Waals surface area (Å²) in [5.41, 5.74) is 2.73. The molecule has 0 bridgehead atoms. The minimum Gasteiger partial charge on any atom is -0.469 e. The van der Waals surface area contributed by atoms with Crippen LogP contribution in [0.5, 0.6) is 0 Å². The second kappa shape index (κ2) is 9.17. The molecule has 158 valence electrons. The zero-order valence-corrected chi connectivity index (χ0v) is 18.2. The van der Waals surface area contributed by atoms with E-state index in [0.717, 1.165) is 24.2 Å². The summed E-state index contributed by atoms with van der Waals surface area (Å²) >= 11 is 0. The van der Waals surface area contributed by atoms with E-state index in [9.17, 15) is 13.2 Å². The normalized spacial score (nSPS) is 11.3. The molecule has 0 unspecified atom stereocenters. The van der Waals surface area contributed by atoms with Crippen LogP contribution in [0.3, 0.4) is 0 Å². The SMILES string of the molecule is Cc1ccc(S(=O)(=O)N(C)c2ccc(C(=O)NCCCc3ccco3)cc2C)cc1. The molecule has 1 amide bonds. The molecule has 30 heavy (non-hydrogen) atoms. The maximum absolute atomic E-state index is 12.9. The van der Waals surface area contributed by atoms with E-state index in [-0.39, 0.29) is 10.8 Å². The molecule has 7 heteroatoms. The summed E-state index contributed by atoms with van der Waals surface area (Å²) in [6.45, 7) is 4.23. The number of furan rings is 1. The van der Waals surface area contributed by atoms with Crippen molar-refractivity contribution in [2.75, 3.05) is 17.9 Å². The molecule has 6 nitrogen and oxygen atoms in total. The van der Waals surface area contributed by atoms with Gasteiger partial charge in [0.15, 0.2) is 0 Å². The molecule has 2 aromatic carbocycles. The van der Waals surface area contributed by atoms with Crippen LogP contribution in [0.2, 0.25) is 0 Å². The number of anilines is 1. The standard InChI is InChI=1S/C23H26N2O4S/c1-17-8-11-21(12-9-17)30(27,28)25(3)22-13-10-19(16-18(22)2)23(26)24-14-4-6-20-7-5-15-29-20/h5,7-13,15-16H,4,6,14H2,1-3H3,(H,24,26). The van der Waals surface area contributed by atoms with Gasteiger partial charge >= 0.3 is 0 Å². The quantitative estimate of drug-likeness (QED) is 0.551. The zero-order chi connectivity index (χ0) is 21.7. The lowest BCUT2D eigenvalue weighted by Crippen LogP contribution is -2.28. The van der Waals surface area contributed by atoms with E-state index < -0.39 is 10.0 Å². The van der Waals surface area contributed by atoms with Crippen molar-refractivity contribution in [1.29, 1.82) is 0 Å². The summed E-state index contributed by atoms with van der Waals surface area (Å²) in [5, 5.41) is 2.89. The molecule has 0 spiro atoms. The molecule has 0 atom stereocenters. The lowest BCUT2D eigenvalue weighted by Gasteiger charge is -2.22. The van der Waals surface area contributed by atoms with Gasteiger partial charge in [0.2, 0.25) is 0 Å². The van der Waals surface area contributed by atoms with Crippen molar-refractivity contribution in [2.45, 2.75) is 31.6 Å². The summed E-state index contributed by atoms with van der Waals surface area (Å²) in [6.07, 6.45) is 3.16. The second-order valence-corrected chi connectivity index (χ2v) is 9.19. The highest BCUT2D eigenvalue weighted by molar-refractivity contribution is 7.92. The number of nitrogens with one attached hydrogen (secondary N) is 1. The Morgan fingerprint density at radius 2 is 1.80 bits per heavy atom. The number of benzene rings is 2. The Hall–Kier alpha value is -3.06. The van der Waals surface area contributed by atoms with Crippen LogP contribution in [0.4, 0.5) is 5.69 Å². The molecule has 0 fully saturated rings. The Morgan fingerprint density at radius 1 is 1.07 bits per heavy atom. The maximum Gasteiger partial charge on any atom is 0.264 e. The maximum atomic E-state index is 12.9. The van der Waals surface area contributed by atoms with Crippen LogP contribution in [-0.4, -0.2) is 27.9 Å². The van der Waals surface area contributed by atoms with Crippen LogP contribution >= 0.6 is 0 Å². The van der Waals surface area contributed by atoms with Gasteiger partial charge in [-0.3, -0.25) is 9.10 Å². The predicted molar refractivity (Wildman–Crippen MR) is 117 cm³/mol. The Balaban J connectivity index is 1.66. The highest BCUT2D eigenvalue weighted by atomic mass is 32.2. The Morgan fingerprint density at radius 3 is 2.43 bits per heavy atom. The highest BCUT2D eigenvalue weighted by Crippen LogP contribution is 2.26. The van der Waals surface area contributed by atoms with Crippen molar-refractivity contribution in [2.24, 2.45) is 0 Å². The van der Waals surface area contributed by atoms with Gasteiger partial charge in [0.05, 0.1) is 16.8 Å². The summed E-state index contributed by atoms with van der Waals surface area (Å²) in [5.74, 6) is 0.704. The number of rotatable bonds is 8. The molecule has 0 aliphatic rings. The molecule has 0 aliphatic heterocycles. The van der Waals surface area contributed by atoms with Crippen molar-refractivity contribution in [3.05, 3.63) is 83.3 Å². The van der Waals surface area contributed by atoms with E-state index in [4.69, 9.17) is 4.42 Å². The molecule has 3 rings (SSSR count). The number of hydrogen-bond donors (Lipinski definition) is 1. The Bertz CT molecular complexity index is 1100. The number of amides is 1. The third-order valence-electron chi connectivity index (χ3n) is 4.94. The number of carbonyl (C=O) groups excluding carboxylic acids is 1. The average molecular weight is 427 g/mol. The fourth-order valence-electron chi connectivity index (χ4n) is 3.17. The lowest BCUT2D eigenvalue weighted by molar-refractivity contribution is 0.0953. The number of nitrogens with zero attached hydrogens (tertiary/aromatic N) is 1. The van der Waals surface area contributed by atoms with Crippen molar-refractivity contribution in [3.63, 3.8) is 0 Å². The molecule has 0 saturated heterocycles. The first kappa shape index (κ1) is 21.6. The summed E-state index contributed by atoms with van der Waals surface area (Å²) < 4.78 is 32.4. The Kier molecular flexibility index (Phi) is 6.62. The van der Waals surface area contributed by atoms with Gasteiger partial charge in [-0.15, -0.1) is 0 Å². The largest absolute Gasteiger partial charge is 0.469 e. The minimum atomic E-state index is -3.68. The third-order valence-corrected chi connectivity index (χ3v) is 6.73. The molecule has 1 aromatic heterocycles. The smallest absolute Gasteiger partial charge is 0.264 e. The average Bonchev–Trinajstić information content (AvgIpc) is 3.24. The molecule has 0 radical (unpaired) electrons. The van der Waals surface area contributed by atoms with Crippen molar-refractivity contribution in [1.82, 2.24) is 5.32 Å². The van der Waals surface area contributed by atoms with E-state index in [1.165, 1.54) is 11.4 Å². The summed E-state index contributed by atoms with van der Waals surface area (Å²) in [7, 11) is -2.16. The monoisotopic (exact) mass is 426 g/mol. The molecule has 1 N–H and O–H groups in total. The number of hydrogen-bond acceptors (Lipinski definition) is 4. The first-order chi connectivity index (χ1) is 14.3. The third kappa shape index (κ3) is 4.91. The number of aryl methyl sites for hydroxylation is 3. The van der Waals surface area contributed by atoms with Gasteiger partial charge in [-0.1, -0.05) is 17.7 Å². The predicted octanol–water partition coefficient (Wildman–Crippen LogP) is 4.08. The summed E-state index contributed by atoms with van der Waals surface area (Å²) in [6, 6.07) is 15.5. The van der Waals surface area contributed by atoms with E-state index in [1.807, 2.05) is 19.1 Å². The van der Waals surface area contributed by atoms with Crippen LogP contribution in [0, 0.1) is 13.8 Å². The lowest BCUT2D eigenvalue weighted by atomic mass is 10.1. The van der Waals surface area contributed by atoms with Gasteiger partial charge in [0, 0.05) is 25.6 Å². The number of carbonyl (C=O) groups is 1. The van der Waals surface area contributed by atoms with Crippen LogP contribution in [0.25, 0.3) is 0 Å². The highest BCUT2D eigenvalue weighted by Gasteiger charge is 2.22. The van der Waals surface area contributed by atoms with Crippen LogP contribution in [0.15, 0.2) is 70.2 Å². The van der Waals surface area contributed by atoms with Crippen molar-refractivity contribution < 1.29 is 17.6 Å². The topological polar surface area (TPSA) is 79.6 Å². The van der Waals surface area contributed by atoms with Gasteiger partial charge < -0.3 is 9.73 Å². The molecule has 0 aliphatic carbocycles. The molecular formula is C23H26N2O4S. The summed E-state index contributed by atoms with van der Waals surface area (Å²) in [4.78, 5) is 12.7. The van der Waals surface area contributed by atoms with Crippen LogP contribution in [0.1, 0.15) is 33.7 Å². The van der Waals surface area contributed by atoms with Crippen molar-refractivity contribution in [3.8, 4) is 0 Å². The van der Waals surface area contributed by atoms with Gasteiger partial charge in [-0.2, -0.15) is 0 Å². The molecule has 0 saturated carbocycles. The van der Waals surface area contributed by atoms with Gasteiger partial charge in [0.1, 0.15) is 5.76 Å².